The summed E-state index contributed by atoms with van der Waals surface area (Å²) in [5.74, 6) is 0. The number of fused-ring (bicyclic) bond motifs is 1. The Kier molecular flexibility index (Phi) is 1.74. The molecule has 0 bridgehead atoms. The van der Waals surface area contributed by atoms with E-state index in [1.807, 2.05) is 12.1 Å². The zero-order valence-electron chi connectivity index (χ0n) is 6.66. The van der Waals surface area contributed by atoms with Crippen molar-refractivity contribution >= 4 is 12.4 Å². The average molecular weight is 159 g/mol. The summed E-state index contributed by atoms with van der Waals surface area (Å²) in [6, 6.07) is 1.94. The Hall–Kier alpha value is -1.44. The zero-order chi connectivity index (χ0) is 8.39. The molecule has 0 saturated carbocycles. The molecular formula is C10H9NO. The van der Waals surface area contributed by atoms with E-state index in [-0.39, 0.29) is 0 Å². The number of aldehydes is 1. The molecule has 12 heavy (non-hydrogen) atoms. The smallest absolute Gasteiger partial charge is 0.168 e. The first-order valence-electron chi connectivity index (χ1n) is 4.01. The van der Waals surface area contributed by atoms with Crippen molar-refractivity contribution in [1.29, 1.82) is 0 Å². The van der Waals surface area contributed by atoms with Gasteiger partial charge in [0.25, 0.3) is 0 Å². The summed E-state index contributed by atoms with van der Waals surface area (Å²) in [6.45, 7) is 0. The van der Waals surface area contributed by atoms with E-state index in [2.05, 4.69) is 11.1 Å². The van der Waals surface area contributed by atoms with E-state index >= 15 is 0 Å². The van der Waals surface area contributed by atoms with Crippen LogP contribution in [0.5, 0.6) is 0 Å². The Labute approximate surface area is 70.9 Å². The number of carbonyl (C=O) groups is 1. The molecule has 0 fully saturated rings. The van der Waals surface area contributed by atoms with Gasteiger partial charge in [0.2, 0.25) is 0 Å². The molecule has 1 aliphatic rings. The summed E-state index contributed by atoms with van der Waals surface area (Å²) in [7, 11) is 0. The van der Waals surface area contributed by atoms with E-state index < -0.39 is 0 Å². The number of rotatable bonds is 1. The van der Waals surface area contributed by atoms with Gasteiger partial charge < -0.3 is 0 Å². The molecule has 0 atom stereocenters. The van der Waals surface area contributed by atoms with Crippen LogP contribution in [0.2, 0.25) is 0 Å². The number of hydrogen-bond acceptors (Lipinski definition) is 2. The van der Waals surface area contributed by atoms with Crippen molar-refractivity contribution in [3.8, 4) is 0 Å². The molecule has 1 heterocycles. The first-order chi connectivity index (χ1) is 5.92. The summed E-state index contributed by atoms with van der Waals surface area (Å²) < 4.78 is 0. The fourth-order valence-electron chi connectivity index (χ4n) is 1.49. The number of nitrogens with zero attached hydrogens (tertiary/aromatic N) is 1. The maximum Gasteiger partial charge on any atom is 0.168 e. The van der Waals surface area contributed by atoms with Crippen molar-refractivity contribution in [1.82, 2.24) is 4.98 Å². The monoisotopic (exact) mass is 159 g/mol. The molecule has 2 nitrogen and oxygen atoms in total. The molecule has 0 aliphatic heterocycles. The van der Waals surface area contributed by atoms with Crippen LogP contribution in [0.4, 0.5) is 0 Å². The van der Waals surface area contributed by atoms with Gasteiger partial charge in [0.1, 0.15) is 5.69 Å². The Balaban J connectivity index is 2.60. The Morgan fingerprint density at radius 3 is 3.25 bits per heavy atom. The molecule has 60 valence electrons. The largest absolute Gasteiger partial charge is 0.296 e. The van der Waals surface area contributed by atoms with Gasteiger partial charge in [0, 0.05) is 6.20 Å². The van der Waals surface area contributed by atoms with Crippen LogP contribution < -0.4 is 0 Å². The molecular weight excluding hydrogens is 150 g/mol. The van der Waals surface area contributed by atoms with Crippen LogP contribution in [0.15, 0.2) is 18.3 Å². The van der Waals surface area contributed by atoms with Crippen LogP contribution in [0.25, 0.3) is 6.08 Å². The zero-order valence-corrected chi connectivity index (χ0v) is 6.66. The van der Waals surface area contributed by atoms with E-state index in [1.165, 1.54) is 0 Å². The van der Waals surface area contributed by atoms with Gasteiger partial charge >= 0.3 is 0 Å². The van der Waals surface area contributed by atoms with Crippen molar-refractivity contribution < 1.29 is 4.79 Å². The fraction of sp³-hybridized carbons (Fsp3) is 0.200. The third kappa shape index (κ3) is 1.05. The predicted octanol–water partition coefficient (Wildman–Crippen LogP) is 1.85. The lowest BCUT2D eigenvalue weighted by molar-refractivity contribution is 0.111. The molecule has 1 aromatic heterocycles. The molecule has 2 rings (SSSR count). The summed E-state index contributed by atoms with van der Waals surface area (Å²) in [5.41, 5.74) is 2.82. The van der Waals surface area contributed by atoms with Gasteiger partial charge in [-0.05, 0) is 30.0 Å². The van der Waals surface area contributed by atoms with E-state index in [4.69, 9.17) is 0 Å². The van der Waals surface area contributed by atoms with Gasteiger partial charge in [0.05, 0.1) is 0 Å². The first-order valence-corrected chi connectivity index (χ1v) is 4.01. The molecule has 0 N–H and O–H groups in total. The standard InChI is InChI=1S/C10H9NO/c12-7-10-9-4-2-1-3-8(9)5-6-11-10/h1,3,5-7H,2,4H2. The lowest BCUT2D eigenvalue weighted by atomic mass is 9.97. The lowest BCUT2D eigenvalue weighted by Gasteiger charge is -2.10. The van der Waals surface area contributed by atoms with E-state index in [0.717, 1.165) is 30.3 Å². The van der Waals surface area contributed by atoms with Crippen LogP contribution in [0, 0.1) is 0 Å². The summed E-state index contributed by atoms with van der Waals surface area (Å²) in [5, 5.41) is 0. The van der Waals surface area contributed by atoms with Crippen LogP contribution in [0.1, 0.15) is 28.0 Å². The van der Waals surface area contributed by atoms with Gasteiger partial charge in [-0.2, -0.15) is 0 Å². The minimum Gasteiger partial charge on any atom is -0.296 e. The van der Waals surface area contributed by atoms with Crippen molar-refractivity contribution in [2.75, 3.05) is 0 Å². The highest BCUT2D eigenvalue weighted by Crippen LogP contribution is 2.19. The van der Waals surface area contributed by atoms with Crippen molar-refractivity contribution in [3.63, 3.8) is 0 Å². The molecule has 0 spiro atoms. The third-order valence-electron chi connectivity index (χ3n) is 2.10. The van der Waals surface area contributed by atoms with Crippen molar-refractivity contribution in [3.05, 3.63) is 35.2 Å². The number of hydrogen-bond donors (Lipinski definition) is 0. The molecule has 0 unspecified atom stereocenters. The Morgan fingerprint density at radius 2 is 2.42 bits per heavy atom. The molecule has 0 amide bonds. The summed E-state index contributed by atoms with van der Waals surface area (Å²) in [4.78, 5) is 14.6. The molecule has 2 heteroatoms. The third-order valence-corrected chi connectivity index (χ3v) is 2.10. The van der Waals surface area contributed by atoms with Crippen molar-refractivity contribution in [2.45, 2.75) is 12.8 Å². The number of carbonyl (C=O) groups excluding carboxylic acids is 1. The second-order valence-electron chi connectivity index (χ2n) is 2.82. The van der Waals surface area contributed by atoms with Crippen LogP contribution in [-0.4, -0.2) is 11.3 Å². The number of allylic oxidation sites excluding steroid dienone is 1. The maximum atomic E-state index is 10.6. The quantitative estimate of drug-likeness (QED) is 0.585. The van der Waals surface area contributed by atoms with Crippen LogP contribution >= 0.6 is 0 Å². The number of aromatic nitrogens is 1. The van der Waals surface area contributed by atoms with E-state index in [9.17, 15) is 4.79 Å². The molecule has 0 aromatic carbocycles. The van der Waals surface area contributed by atoms with Gasteiger partial charge in [-0.1, -0.05) is 12.2 Å². The van der Waals surface area contributed by atoms with Gasteiger partial charge in [-0.25, -0.2) is 0 Å². The molecule has 0 radical (unpaired) electrons. The fourth-order valence-corrected chi connectivity index (χ4v) is 1.49. The maximum absolute atomic E-state index is 10.6. The highest BCUT2D eigenvalue weighted by Gasteiger charge is 2.08. The number of pyridine rings is 1. The van der Waals surface area contributed by atoms with Gasteiger partial charge in [-0.3, -0.25) is 9.78 Å². The second kappa shape index (κ2) is 2.89. The lowest BCUT2D eigenvalue weighted by Crippen LogP contribution is -2.01. The van der Waals surface area contributed by atoms with Crippen molar-refractivity contribution in [2.24, 2.45) is 0 Å². The van der Waals surface area contributed by atoms with Gasteiger partial charge in [-0.15, -0.1) is 0 Å². The molecule has 0 saturated heterocycles. The Morgan fingerprint density at radius 1 is 1.50 bits per heavy atom. The average Bonchev–Trinajstić information content (AvgIpc) is 2.17. The summed E-state index contributed by atoms with van der Waals surface area (Å²) >= 11 is 0. The minimum atomic E-state index is 0.594. The van der Waals surface area contributed by atoms with E-state index in [0.29, 0.717) is 5.69 Å². The summed E-state index contributed by atoms with van der Waals surface area (Å²) in [6.07, 6.45) is 8.63. The SMILES string of the molecule is O=Cc1nccc2c1CCC=C2. The minimum absolute atomic E-state index is 0.594. The normalized spacial score (nSPS) is 14.0. The van der Waals surface area contributed by atoms with Crippen LogP contribution in [0.3, 0.4) is 0 Å². The molecule has 1 aromatic rings. The topological polar surface area (TPSA) is 30.0 Å². The van der Waals surface area contributed by atoms with Crippen LogP contribution in [-0.2, 0) is 6.42 Å². The van der Waals surface area contributed by atoms with E-state index in [1.54, 1.807) is 6.20 Å². The van der Waals surface area contributed by atoms with Gasteiger partial charge in [0.15, 0.2) is 6.29 Å². The predicted molar refractivity (Wildman–Crippen MR) is 47.0 cm³/mol. The Bertz CT molecular complexity index is 342. The molecule has 1 aliphatic carbocycles. The second-order valence-corrected chi connectivity index (χ2v) is 2.82. The highest BCUT2D eigenvalue weighted by molar-refractivity contribution is 5.77. The highest BCUT2D eigenvalue weighted by atomic mass is 16.1. The first kappa shape index (κ1) is 7.22.